The summed E-state index contributed by atoms with van der Waals surface area (Å²) in [6.45, 7) is 12.3. The summed E-state index contributed by atoms with van der Waals surface area (Å²) < 4.78 is 25.2. The average molecular weight is 587 g/mol. The molecule has 0 bridgehead atoms. The molecule has 0 rings (SSSR count). The van der Waals surface area contributed by atoms with E-state index in [4.69, 9.17) is 18.9 Å². The van der Waals surface area contributed by atoms with Gasteiger partial charge in [-0.05, 0) is 67.0 Å². The second-order valence-corrected chi connectivity index (χ2v) is 13.0. The number of rotatable bonds is 34. The normalized spacial score (nSPS) is 12.3. The van der Waals surface area contributed by atoms with Crippen LogP contribution in [0.25, 0.3) is 0 Å². The van der Waals surface area contributed by atoms with Crippen molar-refractivity contribution in [1.82, 2.24) is 9.80 Å². The molecule has 41 heavy (non-hydrogen) atoms. The van der Waals surface area contributed by atoms with Gasteiger partial charge in [-0.2, -0.15) is 0 Å². The molecule has 0 aromatic heterocycles. The summed E-state index contributed by atoms with van der Waals surface area (Å²) in [7, 11) is 8.46. The summed E-state index contributed by atoms with van der Waals surface area (Å²) in [6, 6.07) is 0. The van der Waals surface area contributed by atoms with Crippen LogP contribution in [0.2, 0.25) is 0 Å². The van der Waals surface area contributed by atoms with Crippen LogP contribution >= 0.6 is 0 Å². The molecule has 0 aromatic carbocycles. The van der Waals surface area contributed by atoms with Gasteiger partial charge in [0.15, 0.2) is 0 Å². The highest BCUT2D eigenvalue weighted by Gasteiger charge is 2.32. The highest BCUT2D eigenvalue weighted by Crippen LogP contribution is 2.22. The molecule has 0 spiro atoms. The Morgan fingerprint density at radius 2 is 0.634 bits per heavy atom. The Balaban J connectivity index is 4.75. The van der Waals surface area contributed by atoms with E-state index in [0.29, 0.717) is 26.4 Å². The Kier molecular flexibility index (Phi) is 31.0. The lowest BCUT2D eigenvalue weighted by Gasteiger charge is -2.33. The Labute approximate surface area is 257 Å². The molecule has 0 radical (unpaired) electrons. The van der Waals surface area contributed by atoms with Gasteiger partial charge in [-0.1, -0.05) is 104 Å². The fourth-order valence-corrected chi connectivity index (χ4v) is 5.05. The van der Waals surface area contributed by atoms with Crippen LogP contribution in [0.1, 0.15) is 129 Å². The molecule has 0 unspecified atom stereocenters. The fraction of sp³-hybridized carbons (Fsp3) is 1.00. The molecule has 0 heterocycles. The zero-order valence-corrected chi connectivity index (χ0v) is 28.8. The van der Waals surface area contributed by atoms with Gasteiger partial charge >= 0.3 is 0 Å². The fourth-order valence-electron chi connectivity index (χ4n) is 5.05. The number of ether oxygens (including phenoxy) is 4. The highest BCUT2D eigenvalue weighted by molar-refractivity contribution is 4.79. The predicted molar refractivity (Wildman–Crippen MR) is 177 cm³/mol. The molecule has 6 nitrogen and oxygen atoms in total. The minimum atomic E-state index is -0.253. The summed E-state index contributed by atoms with van der Waals surface area (Å²) in [5.41, 5.74) is -0.253. The van der Waals surface area contributed by atoms with Crippen molar-refractivity contribution in [2.45, 2.75) is 129 Å². The molecular formula is C35H74N2O4. The molecule has 0 aliphatic rings. The van der Waals surface area contributed by atoms with Gasteiger partial charge < -0.3 is 28.7 Å². The molecular weight excluding hydrogens is 512 g/mol. The van der Waals surface area contributed by atoms with Crippen molar-refractivity contribution in [2.24, 2.45) is 5.41 Å². The van der Waals surface area contributed by atoms with E-state index in [2.05, 4.69) is 51.8 Å². The first-order valence-corrected chi connectivity index (χ1v) is 17.6. The predicted octanol–water partition coefficient (Wildman–Crippen LogP) is 8.22. The van der Waals surface area contributed by atoms with E-state index < -0.39 is 0 Å². The Bertz CT molecular complexity index is 461. The maximum atomic E-state index is 6.32. The van der Waals surface area contributed by atoms with Crippen LogP contribution in [0.3, 0.4) is 0 Å². The summed E-state index contributed by atoms with van der Waals surface area (Å²) in [6.07, 6.45) is 23.1. The van der Waals surface area contributed by atoms with Crippen LogP contribution < -0.4 is 0 Å². The molecule has 6 heteroatoms. The zero-order valence-electron chi connectivity index (χ0n) is 28.8. The lowest BCUT2D eigenvalue weighted by atomic mass is 9.92. The summed E-state index contributed by atoms with van der Waals surface area (Å²) in [4.78, 5) is 4.43. The van der Waals surface area contributed by atoms with Crippen molar-refractivity contribution in [2.75, 3.05) is 94.1 Å². The number of unbranched alkanes of at least 4 members (excludes halogenated alkanes) is 14. The van der Waals surface area contributed by atoms with Gasteiger partial charge in [0.1, 0.15) is 0 Å². The third-order valence-electron chi connectivity index (χ3n) is 7.71. The first-order chi connectivity index (χ1) is 20.0. The van der Waals surface area contributed by atoms with E-state index in [1.807, 2.05) is 0 Å². The molecule has 0 atom stereocenters. The van der Waals surface area contributed by atoms with Crippen LogP contribution in [-0.2, 0) is 18.9 Å². The van der Waals surface area contributed by atoms with E-state index in [1.165, 1.54) is 89.9 Å². The lowest BCUT2D eigenvalue weighted by Crippen LogP contribution is -2.42. The number of nitrogens with zero attached hydrogens (tertiary/aromatic N) is 2. The van der Waals surface area contributed by atoms with Crippen LogP contribution in [0.4, 0.5) is 0 Å². The smallest absolute Gasteiger partial charge is 0.0637 e. The lowest BCUT2D eigenvalue weighted by molar-refractivity contribution is -0.108. The number of hydrogen-bond acceptors (Lipinski definition) is 6. The van der Waals surface area contributed by atoms with Gasteiger partial charge in [0.05, 0.1) is 31.8 Å². The first-order valence-electron chi connectivity index (χ1n) is 17.6. The van der Waals surface area contributed by atoms with E-state index >= 15 is 0 Å². The van der Waals surface area contributed by atoms with E-state index in [0.717, 1.165) is 65.2 Å². The van der Waals surface area contributed by atoms with E-state index in [9.17, 15) is 0 Å². The molecule has 0 saturated carbocycles. The van der Waals surface area contributed by atoms with Gasteiger partial charge in [0.2, 0.25) is 0 Å². The molecule has 248 valence electrons. The van der Waals surface area contributed by atoms with Gasteiger partial charge in [-0.15, -0.1) is 0 Å². The maximum Gasteiger partial charge on any atom is 0.0637 e. The Hall–Kier alpha value is -0.240. The molecule has 0 N–H and O–H groups in total. The van der Waals surface area contributed by atoms with Crippen LogP contribution in [0.15, 0.2) is 0 Å². The molecule has 0 aromatic rings. The summed E-state index contributed by atoms with van der Waals surface area (Å²) in [5, 5.41) is 0. The van der Waals surface area contributed by atoms with Crippen molar-refractivity contribution in [3.8, 4) is 0 Å². The third kappa shape index (κ3) is 29.6. The molecule has 0 fully saturated rings. The van der Waals surface area contributed by atoms with Crippen molar-refractivity contribution in [3.63, 3.8) is 0 Å². The Morgan fingerprint density at radius 3 is 0.927 bits per heavy atom. The topological polar surface area (TPSA) is 43.4 Å². The molecule has 0 aliphatic carbocycles. The zero-order chi connectivity index (χ0) is 30.3. The third-order valence-corrected chi connectivity index (χ3v) is 7.71. The van der Waals surface area contributed by atoms with Crippen LogP contribution in [0, 0.1) is 5.41 Å². The first kappa shape index (κ1) is 40.8. The van der Waals surface area contributed by atoms with Gasteiger partial charge in [-0.25, -0.2) is 0 Å². The molecule has 0 amide bonds. The van der Waals surface area contributed by atoms with E-state index in [1.54, 1.807) is 0 Å². The molecule has 0 saturated heterocycles. The average Bonchev–Trinajstić information content (AvgIpc) is 2.94. The standard InChI is InChI=1S/C35H74N2O4/c1-7-9-11-13-15-17-19-21-27-38-31-35(33-40-29-23-25-36(3)4,34-41-30-24-26-37(5)6)32-39-28-22-20-18-16-14-12-10-8-2/h7-34H2,1-6H3. The monoisotopic (exact) mass is 587 g/mol. The van der Waals surface area contributed by atoms with Gasteiger partial charge in [-0.3, -0.25) is 0 Å². The maximum absolute atomic E-state index is 6.32. The second-order valence-electron chi connectivity index (χ2n) is 13.0. The van der Waals surface area contributed by atoms with Crippen molar-refractivity contribution >= 4 is 0 Å². The minimum Gasteiger partial charge on any atom is -0.381 e. The minimum absolute atomic E-state index is 0.253. The quantitative estimate of drug-likeness (QED) is 0.0708. The van der Waals surface area contributed by atoms with Gasteiger partial charge in [0.25, 0.3) is 0 Å². The number of hydrogen-bond donors (Lipinski definition) is 0. The second kappa shape index (κ2) is 31.2. The van der Waals surface area contributed by atoms with E-state index in [-0.39, 0.29) is 5.41 Å². The van der Waals surface area contributed by atoms with Crippen molar-refractivity contribution in [1.29, 1.82) is 0 Å². The van der Waals surface area contributed by atoms with Crippen LogP contribution in [0.5, 0.6) is 0 Å². The summed E-state index contributed by atoms with van der Waals surface area (Å²) in [5.74, 6) is 0. The highest BCUT2D eigenvalue weighted by atomic mass is 16.5. The SMILES string of the molecule is CCCCCCCCCCOCC(COCCCCCCCCCC)(COCCCN(C)C)COCCCN(C)C. The van der Waals surface area contributed by atoms with Crippen molar-refractivity contribution in [3.05, 3.63) is 0 Å². The van der Waals surface area contributed by atoms with Crippen molar-refractivity contribution < 1.29 is 18.9 Å². The Morgan fingerprint density at radius 1 is 0.366 bits per heavy atom. The van der Waals surface area contributed by atoms with Crippen LogP contribution in [-0.4, -0.2) is 104 Å². The molecule has 0 aliphatic heterocycles. The van der Waals surface area contributed by atoms with Gasteiger partial charge in [0, 0.05) is 26.4 Å². The largest absolute Gasteiger partial charge is 0.381 e. The summed E-state index contributed by atoms with van der Waals surface area (Å²) >= 11 is 0.